The third-order valence-corrected chi connectivity index (χ3v) is 5.69. The fourth-order valence-corrected chi connectivity index (χ4v) is 3.67. The molecule has 2 aromatic carbocycles. The summed E-state index contributed by atoms with van der Waals surface area (Å²) in [5.74, 6) is 0.462. The van der Waals surface area contributed by atoms with Crippen molar-refractivity contribution < 1.29 is 9.59 Å². The first-order valence-corrected chi connectivity index (χ1v) is 11.7. The Morgan fingerprint density at radius 3 is 2.19 bits per heavy atom. The summed E-state index contributed by atoms with van der Waals surface area (Å²) in [6, 6.07) is 18.0. The van der Waals surface area contributed by atoms with Crippen LogP contribution in [0.3, 0.4) is 0 Å². The van der Waals surface area contributed by atoms with Crippen LogP contribution in [0.15, 0.2) is 54.6 Å². The fraction of sp³-hybridized carbons (Fsp3) is 0.481. The minimum Gasteiger partial charge on any atom is -0.354 e. The Balaban J connectivity index is 2.11. The monoisotopic (exact) mass is 422 g/mol. The van der Waals surface area contributed by atoms with E-state index in [4.69, 9.17) is 0 Å². The summed E-state index contributed by atoms with van der Waals surface area (Å²) in [6.45, 7) is 9.53. The van der Waals surface area contributed by atoms with Crippen molar-refractivity contribution in [3.8, 4) is 0 Å². The zero-order valence-corrected chi connectivity index (χ0v) is 19.6. The molecule has 0 heterocycles. The quantitative estimate of drug-likeness (QED) is 0.461. The molecular formula is C27H38N2O2. The number of benzene rings is 2. The lowest BCUT2D eigenvalue weighted by Gasteiger charge is -2.31. The number of hydrogen-bond acceptors (Lipinski definition) is 2. The van der Waals surface area contributed by atoms with Crippen molar-refractivity contribution in [1.82, 2.24) is 10.2 Å². The van der Waals surface area contributed by atoms with Gasteiger partial charge in [-0.15, -0.1) is 0 Å². The molecule has 0 aliphatic carbocycles. The molecule has 0 aliphatic rings. The molecule has 0 spiro atoms. The van der Waals surface area contributed by atoms with E-state index in [9.17, 15) is 9.59 Å². The van der Waals surface area contributed by atoms with E-state index in [0.29, 0.717) is 38.3 Å². The SMILES string of the molecule is CCCCNC(=O)[C@@H](CC)N(Cc1ccccc1)C(=O)CCc1ccc(C(C)C)cc1. The van der Waals surface area contributed by atoms with Gasteiger partial charge in [-0.05, 0) is 41.9 Å². The second-order valence-corrected chi connectivity index (χ2v) is 8.47. The molecule has 4 heteroatoms. The summed E-state index contributed by atoms with van der Waals surface area (Å²) in [7, 11) is 0. The van der Waals surface area contributed by atoms with Gasteiger partial charge in [0.2, 0.25) is 11.8 Å². The number of nitrogens with zero attached hydrogens (tertiary/aromatic N) is 1. The summed E-state index contributed by atoms with van der Waals surface area (Å²) in [6.07, 6.45) is 3.64. The summed E-state index contributed by atoms with van der Waals surface area (Å²) >= 11 is 0. The molecule has 0 saturated heterocycles. The van der Waals surface area contributed by atoms with Gasteiger partial charge in [-0.1, -0.05) is 88.7 Å². The molecule has 168 valence electrons. The molecule has 0 radical (unpaired) electrons. The number of carbonyl (C=O) groups excluding carboxylic acids is 2. The molecule has 2 aromatic rings. The van der Waals surface area contributed by atoms with E-state index in [1.54, 1.807) is 4.90 Å². The molecule has 1 N–H and O–H groups in total. The van der Waals surface area contributed by atoms with Gasteiger partial charge in [0.05, 0.1) is 0 Å². The first kappa shape index (κ1) is 24.6. The molecule has 0 saturated carbocycles. The molecule has 0 aliphatic heterocycles. The maximum Gasteiger partial charge on any atom is 0.242 e. The second-order valence-electron chi connectivity index (χ2n) is 8.47. The lowest BCUT2D eigenvalue weighted by atomic mass is 10.00. The molecule has 0 fully saturated rings. The van der Waals surface area contributed by atoms with Crippen molar-refractivity contribution in [2.24, 2.45) is 0 Å². The van der Waals surface area contributed by atoms with E-state index in [-0.39, 0.29) is 11.8 Å². The van der Waals surface area contributed by atoms with E-state index < -0.39 is 6.04 Å². The predicted molar refractivity (Wildman–Crippen MR) is 128 cm³/mol. The van der Waals surface area contributed by atoms with Crippen LogP contribution in [-0.2, 0) is 22.6 Å². The molecular weight excluding hydrogens is 384 g/mol. The van der Waals surface area contributed by atoms with E-state index in [1.165, 1.54) is 5.56 Å². The smallest absolute Gasteiger partial charge is 0.242 e. The lowest BCUT2D eigenvalue weighted by molar-refractivity contribution is -0.141. The Morgan fingerprint density at radius 2 is 1.61 bits per heavy atom. The Labute approximate surface area is 188 Å². The first-order chi connectivity index (χ1) is 15.0. The molecule has 4 nitrogen and oxygen atoms in total. The van der Waals surface area contributed by atoms with Crippen LogP contribution >= 0.6 is 0 Å². The summed E-state index contributed by atoms with van der Waals surface area (Å²) in [5, 5.41) is 3.01. The van der Waals surface area contributed by atoms with Gasteiger partial charge in [-0.2, -0.15) is 0 Å². The predicted octanol–water partition coefficient (Wildman–Crippen LogP) is 5.47. The Morgan fingerprint density at radius 1 is 0.935 bits per heavy atom. The number of hydrogen-bond donors (Lipinski definition) is 1. The van der Waals surface area contributed by atoms with Crippen LogP contribution in [-0.4, -0.2) is 29.3 Å². The van der Waals surface area contributed by atoms with Gasteiger partial charge in [0.15, 0.2) is 0 Å². The average Bonchev–Trinajstić information content (AvgIpc) is 2.78. The van der Waals surface area contributed by atoms with E-state index >= 15 is 0 Å². The van der Waals surface area contributed by atoms with E-state index in [2.05, 4.69) is 50.4 Å². The molecule has 0 unspecified atom stereocenters. The van der Waals surface area contributed by atoms with E-state index in [0.717, 1.165) is 24.0 Å². The summed E-state index contributed by atoms with van der Waals surface area (Å²) < 4.78 is 0. The number of aryl methyl sites for hydroxylation is 1. The van der Waals surface area contributed by atoms with Gasteiger partial charge >= 0.3 is 0 Å². The Hall–Kier alpha value is -2.62. The molecule has 1 atom stereocenters. The zero-order valence-electron chi connectivity index (χ0n) is 19.6. The van der Waals surface area contributed by atoms with Gasteiger partial charge in [-0.3, -0.25) is 9.59 Å². The van der Waals surface area contributed by atoms with Crippen molar-refractivity contribution in [1.29, 1.82) is 0 Å². The molecule has 0 bridgehead atoms. The van der Waals surface area contributed by atoms with E-state index in [1.807, 2.05) is 37.3 Å². The number of nitrogens with one attached hydrogen (secondary N) is 1. The van der Waals surface area contributed by atoms with Crippen molar-refractivity contribution in [2.45, 2.75) is 78.3 Å². The van der Waals surface area contributed by atoms with Crippen molar-refractivity contribution in [2.75, 3.05) is 6.54 Å². The van der Waals surface area contributed by atoms with Crippen LogP contribution in [0.25, 0.3) is 0 Å². The van der Waals surface area contributed by atoms with Gasteiger partial charge in [0, 0.05) is 19.5 Å². The van der Waals surface area contributed by atoms with Crippen LogP contribution in [0.1, 0.15) is 76.0 Å². The molecule has 31 heavy (non-hydrogen) atoms. The van der Waals surface area contributed by atoms with Crippen LogP contribution in [0.4, 0.5) is 0 Å². The molecule has 2 amide bonds. The average molecular weight is 423 g/mol. The largest absolute Gasteiger partial charge is 0.354 e. The van der Waals surface area contributed by atoms with Crippen LogP contribution in [0.2, 0.25) is 0 Å². The van der Waals surface area contributed by atoms with Crippen LogP contribution < -0.4 is 5.32 Å². The second kappa shape index (κ2) is 12.9. The number of rotatable bonds is 12. The van der Waals surface area contributed by atoms with Crippen molar-refractivity contribution in [3.63, 3.8) is 0 Å². The van der Waals surface area contributed by atoms with Crippen LogP contribution in [0, 0.1) is 0 Å². The van der Waals surface area contributed by atoms with Gasteiger partial charge < -0.3 is 10.2 Å². The zero-order chi connectivity index (χ0) is 22.6. The van der Waals surface area contributed by atoms with Crippen LogP contribution in [0.5, 0.6) is 0 Å². The highest BCUT2D eigenvalue weighted by molar-refractivity contribution is 5.87. The third-order valence-electron chi connectivity index (χ3n) is 5.69. The third kappa shape index (κ3) is 7.86. The molecule has 2 rings (SSSR count). The first-order valence-electron chi connectivity index (χ1n) is 11.7. The van der Waals surface area contributed by atoms with Gasteiger partial charge in [0.25, 0.3) is 0 Å². The maximum absolute atomic E-state index is 13.3. The minimum atomic E-state index is -0.451. The highest BCUT2D eigenvalue weighted by atomic mass is 16.2. The fourth-order valence-electron chi connectivity index (χ4n) is 3.67. The summed E-state index contributed by atoms with van der Waals surface area (Å²) in [4.78, 5) is 27.9. The number of unbranched alkanes of at least 4 members (excludes halogenated alkanes) is 1. The number of carbonyl (C=O) groups is 2. The van der Waals surface area contributed by atoms with Gasteiger partial charge in [-0.25, -0.2) is 0 Å². The normalized spacial score (nSPS) is 11.9. The Kier molecular flexibility index (Phi) is 10.3. The topological polar surface area (TPSA) is 49.4 Å². The maximum atomic E-state index is 13.3. The lowest BCUT2D eigenvalue weighted by Crippen LogP contribution is -2.49. The number of amides is 2. The summed E-state index contributed by atoms with van der Waals surface area (Å²) in [5.41, 5.74) is 3.49. The minimum absolute atomic E-state index is 0.0225. The Bertz CT molecular complexity index is 800. The van der Waals surface area contributed by atoms with Gasteiger partial charge in [0.1, 0.15) is 6.04 Å². The highest BCUT2D eigenvalue weighted by Gasteiger charge is 2.28. The standard InChI is InChI=1S/C27H38N2O2/c1-5-7-19-28-27(31)25(6-2)29(20-23-11-9-8-10-12-23)26(30)18-15-22-13-16-24(17-14-22)21(3)4/h8-14,16-17,21,25H,5-7,15,18-20H2,1-4H3,(H,28,31)/t25-/m1/s1. The molecule has 0 aromatic heterocycles. The highest BCUT2D eigenvalue weighted by Crippen LogP contribution is 2.18. The van der Waals surface area contributed by atoms with Crippen molar-refractivity contribution in [3.05, 3.63) is 71.3 Å². The van der Waals surface area contributed by atoms with Crippen molar-refractivity contribution >= 4 is 11.8 Å².